The third kappa shape index (κ3) is 3.22. The molecule has 1 aromatic heterocycles. The number of benzene rings is 3. The first kappa shape index (κ1) is 16.7. The fraction of sp³-hybridized carbons (Fsp3) is 0.0455. The number of hydrogen-bond donors (Lipinski definition) is 3. The Morgan fingerprint density at radius 3 is 2.44 bits per heavy atom. The van der Waals surface area contributed by atoms with Gasteiger partial charge in [-0.3, -0.25) is 0 Å². The number of nitrogens with one attached hydrogen (secondary N) is 1. The molecular formula is C22H19N3O2. The third-order valence-electron chi connectivity index (χ3n) is 4.40. The summed E-state index contributed by atoms with van der Waals surface area (Å²) in [6.07, 6.45) is 0. The van der Waals surface area contributed by atoms with E-state index in [0.29, 0.717) is 17.0 Å². The Labute approximate surface area is 156 Å². The summed E-state index contributed by atoms with van der Waals surface area (Å²) in [6, 6.07) is 22.7. The molecule has 3 aromatic carbocycles. The Hall–Kier alpha value is -3.73. The van der Waals surface area contributed by atoms with E-state index in [-0.39, 0.29) is 5.88 Å². The van der Waals surface area contributed by atoms with Gasteiger partial charge in [-0.2, -0.15) is 0 Å². The number of ether oxygens (including phenoxy) is 1. The van der Waals surface area contributed by atoms with Crippen LogP contribution in [-0.2, 0) is 0 Å². The van der Waals surface area contributed by atoms with E-state index in [2.05, 4.69) is 4.98 Å². The SMILES string of the molecule is COc1ccc(N=C(c2ccccc2)c2c(O)[nH]c3ccc(N)cc23)cc1. The van der Waals surface area contributed by atoms with E-state index >= 15 is 0 Å². The molecule has 0 aliphatic heterocycles. The van der Waals surface area contributed by atoms with E-state index in [1.54, 1.807) is 13.2 Å². The van der Waals surface area contributed by atoms with Crippen molar-refractivity contribution in [3.05, 3.63) is 83.9 Å². The lowest BCUT2D eigenvalue weighted by atomic mass is 10.0. The number of methoxy groups -OCH3 is 1. The summed E-state index contributed by atoms with van der Waals surface area (Å²) in [6.45, 7) is 0. The molecule has 134 valence electrons. The molecule has 0 amide bonds. The van der Waals surface area contributed by atoms with Gasteiger partial charge >= 0.3 is 0 Å². The third-order valence-corrected chi connectivity index (χ3v) is 4.40. The zero-order valence-corrected chi connectivity index (χ0v) is 14.8. The number of nitrogens with zero attached hydrogens (tertiary/aromatic N) is 1. The number of rotatable bonds is 4. The van der Waals surface area contributed by atoms with Crippen molar-refractivity contribution in [2.45, 2.75) is 0 Å². The summed E-state index contributed by atoms with van der Waals surface area (Å²) in [5, 5.41) is 11.4. The van der Waals surface area contributed by atoms with Gasteiger partial charge in [0.1, 0.15) is 5.75 Å². The molecule has 0 saturated carbocycles. The number of nitrogen functional groups attached to an aromatic ring is 1. The zero-order valence-electron chi connectivity index (χ0n) is 14.8. The minimum absolute atomic E-state index is 0.0618. The molecule has 0 saturated heterocycles. The molecule has 0 aliphatic rings. The molecule has 5 nitrogen and oxygen atoms in total. The van der Waals surface area contributed by atoms with Gasteiger partial charge < -0.3 is 20.6 Å². The van der Waals surface area contributed by atoms with Gasteiger partial charge in [0.2, 0.25) is 0 Å². The van der Waals surface area contributed by atoms with Gasteiger partial charge in [-0.25, -0.2) is 4.99 Å². The molecule has 27 heavy (non-hydrogen) atoms. The Kier molecular flexibility index (Phi) is 4.26. The van der Waals surface area contributed by atoms with E-state index in [0.717, 1.165) is 27.9 Å². The molecule has 4 N–H and O–H groups in total. The second kappa shape index (κ2) is 6.88. The molecule has 5 heteroatoms. The maximum absolute atomic E-state index is 10.6. The van der Waals surface area contributed by atoms with Crippen LogP contribution in [0, 0.1) is 0 Å². The molecule has 4 aromatic rings. The summed E-state index contributed by atoms with van der Waals surface area (Å²) in [5.41, 5.74) is 10.3. The fourth-order valence-corrected chi connectivity index (χ4v) is 3.08. The largest absolute Gasteiger partial charge is 0.497 e. The van der Waals surface area contributed by atoms with Crippen molar-refractivity contribution < 1.29 is 9.84 Å². The van der Waals surface area contributed by atoms with Crippen LogP contribution in [0.25, 0.3) is 10.9 Å². The second-order valence-corrected chi connectivity index (χ2v) is 6.18. The summed E-state index contributed by atoms with van der Waals surface area (Å²) in [4.78, 5) is 7.84. The van der Waals surface area contributed by atoms with Crippen LogP contribution >= 0.6 is 0 Å². The van der Waals surface area contributed by atoms with Crippen LogP contribution in [-0.4, -0.2) is 22.9 Å². The average molecular weight is 357 g/mol. The fourth-order valence-electron chi connectivity index (χ4n) is 3.08. The number of aromatic hydroxyl groups is 1. The zero-order chi connectivity index (χ0) is 18.8. The maximum atomic E-state index is 10.6. The van der Waals surface area contributed by atoms with Crippen LogP contribution in [0.1, 0.15) is 11.1 Å². The monoisotopic (exact) mass is 357 g/mol. The van der Waals surface area contributed by atoms with Gasteiger partial charge in [-0.05, 0) is 42.5 Å². The normalized spacial score (nSPS) is 11.7. The Bertz CT molecular complexity index is 1110. The Balaban J connectivity index is 1.95. The van der Waals surface area contributed by atoms with E-state index in [4.69, 9.17) is 15.5 Å². The predicted octanol–water partition coefficient (Wildman–Crippen LogP) is 4.63. The van der Waals surface area contributed by atoms with Crippen molar-refractivity contribution in [1.82, 2.24) is 4.98 Å². The standard InChI is InChI=1S/C22H19N3O2/c1-27-17-10-8-16(9-11-17)24-21(14-5-3-2-4-6-14)20-18-13-15(23)7-12-19(18)25-22(20)26/h2-13,25-26H,23H2,1H3. The van der Waals surface area contributed by atoms with E-state index in [1.165, 1.54) is 0 Å². The number of aliphatic imine (C=N–C) groups is 1. The molecule has 4 rings (SSSR count). The smallest absolute Gasteiger partial charge is 0.199 e. The van der Waals surface area contributed by atoms with E-state index < -0.39 is 0 Å². The Morgan fingerprint density at radius 2 is 1.74 bits per heavy atom. The molecule has 0 spiro atoms. The van der Waals surface area contributed by atoms with Gasteiger partial charge in [0.15, 0.2) is 5.88 Å². The van der Waals surface area contributed by atoms with Crippen molar-refractivity contribution in [3.8, 4) is 11.6 Å². The summed E-state index contributed by atoms with van der Waals surface area (Å²) in [5.74, 6) is 0.824. The van der Waals surface area contributed by atoms with Crippen molar-refractivity contribution >= 4 is 28.0 Å². The predicted molar refractivity (Wildman–Crippen MR) is 109 cm³/mol. The number of aromatic nitrogens is 1. The van der Waals surface area contributed by atoms with Crippen LogP contribution < -0.4 is 10.5 Å². The van der Waals surface area contributed by atoms with Crippen molar-refractivity contribution in [2.75, 3.05) is 12.8 Å². The number of hydrogen-bond acceptors (Lipinski definition) is 4. The number of fused-ring (bicyclic) bond motifs is 1. The lowest BCUT2D eigenvalue weighted by molar-refractivity contribution is 0.415. The van der Waals surface area contributed by atoms with Crippen LogP contribution in [0.15, 0.2) is 77.8 Å². The van der Waals surface area contributed by atoms with Crippen molar-refractivity contribution in [3.63, 3.8) is 0 Å². The molecular weight excluding hydrogens is 338 g/mol. The summed E-state index contributed by atoms with van der Waals surface area (Å²) < 4.78 is 5.21. The second-order valence-electron chi connectivity index (χ2n) is 6.18. The topological polar surface area (TPSA) is 83.6 Å². The van der Waals surface area contributed by atoms with E-state index in [9.17, 15) is 5.11 Å². The highest BCUT2D eigenvalue weighted by Gasteiger charge is 2.18. The van der Waals surface area contributed by atoms with Gasteiger partial charge in [-0.15, -0.1) is 0 Å². The molecule has 1 heterocycles. The number of aromatic amines is 1. The van der Waals surface area contributed by atoms with Gasteiger partial charge in [0, 0.05) is 22.2 Å². The first-order valence-electron chi connectivity index (χ1n) is 8.54. The molecule has 0 radical (unpaired) electrons. The molecule has 0 aliphatic carbocycles. The highest BCUT2D eigenvalue weighted by molar-refractivity contribution is 6.22. The first-order chi connectivity index (χ1) is 13.2. The maximum Gasteiger partial charge on any atom is 0.199 e. The summed E-state index contributed by atoms with van der Waals surface area (Å²) >= 11 is 0. The molecule has 0 bridgehead atoms. The van der Waals surface area contributed by atoms with Crippen LogP contribution in [0.4, 0.5) is 11.4 Å². The first-order valence-corrected chi connectivity index (χ1v) is 8.54. The summed E-state index contributed by atoms with van der Waals surface area (Å²) in [7, 11) is 1.63. The lowest BCUT2D eigenvalue weighted by Crippen LogP contribution is -2.03. The number of anilines is 1. The van der Waals surface area contributed by atoms with Gasteiger partial charge in [-0.1, -0.05) is 30.3 Å². The van der Waals surface area contributed by atoms with Crippen molar-refractivity contribution in [1.29, 1.82) is 0 Å². The van der Waals surface area contributed by atoms with E-state index in [1.807, 2.05) is 66.7 Å². The molecule has 0 unspecified atom stereocenters. The minimum atomic E-state index is 0.0618. The number of H-pyrrole nitrogens is 1. The average Bonchev–Trinajstić information content (AvgIpc) is 3.02. The van der Waals surface area contributed by atoms with Crippen LogP contribution in [0.3, 0.4) is 0 Å². The van der Waals surface area contributed by atoms with Gasteiger partial charge in [0.25, 0.3) is 0 Å². The lowest BCUT2D eigenvalue weighted by Gasteiger charge is -2.08. The minimum Gasteiger partial charge on any atom is -0.497 e. The number of nitrogens with two attached hydrogens (primary N) is 1. The van der Waals surface area contributed by atoms with Crippen LogP contribution in [0.5, 0.6) is 11.6 Å². The van der Waals surface area contributed by atoms with Crippen molar-refractivity contribution in [2.24, 2.45) is 4.99 Å². The highest BCUT2D eigenvalue weighted by atomic mass is 16.5. The van der Waals surface area contributed by atoms with Gasteiger partial charge in [0.05, 0.1) is 24.1 Å². The Morgan fingerprint density at radius 1 is 1.00 bits per heavy atom. The quantitative estimate of drug-likeness (QED) is 0.368. The molecule has 0 fully saturated rings. The van der Waals surface area contributed by atoms with Crippen LogP contribution in [0.2, 0.25) is 0 Å². The highest BCUT2D eigenvalue weighted by Crippen LogP contribution is 2.32. The molecule has 0 atom stereocenters.